The topological polar surface area (TPSA) is 81.2 Å². The Bertz CT molecular complexity index is 1020. The molecule has 0 amide bonds. The first-order valence-corrected chi connectivity index (χ1v) is 10.4. The van der Waals surface area contributed by atoms with Gasteiger partial charge >= 0.3 is 0 Å². The lowest BCUT2D eigenvalue weighted by atomic mass is 10.1. The number of sulfone groups is 1. The van der Waals surface area contributed by atoms with Crippen molar-refractivity contribution in [1.29, 1.82) is 0 Å². The zero-order chi connectivity index (χ0) is 19.3. The van der Waals surface area contributed by atoms with Gasteiger partial charge in [-0.05, 0) is 35.9 Å². The minimum absolute atomic E-state index is 0.0452. The molecule has 2 aromatic carbocycles. The number of ether oxygens (including phenoxy) is 1. The minimum Gasteiger partial charge on any atom is -0.496 e. The van der Waals surface area contributed by atoms with E-state index in [-0.39, 0.29) is 11.5 Å². The summed E-state index contributed by atoms with van der Waals surface area (Å²) in [4.78, 5) is 8.80. The zero-order valence-corrected chi connectivity index (χ0v) is 16.0. The van der Waals surface area contributed by atoms with Gasteiger partial charge < -0.3 is 10.1 Å². The summed E-state index contributed by atoms with van der Waals surface area (Å²) in [5, 5.41) is 3.14. The predicted molar refractivity (Wildman–Crippen MR) is 107 cm³/mol. The van der Waals surface area contributed by atoms with Gasteiger partial charge in [0.25, 0.3) is 0 Å². The molecule has 0 saturated heterocycles. The number of nitrogens with one attached hydrogen (secondary N) is 1. The Morgan fingerprint density at radius 1 is 1.04 bits per heavy atom. The number of nitrogens with zero attached hydrogens (tertiary/aromatic N) is 2. The van der Waals surface area contributed by atoms with Gasteiger partial charge in [-0.25, -0.2) is 18.4 Å². The van der Waals surface area contributed by atoms with E-state index >= 15 is 0 Å². The molecule has 140 valence electrons. The second-order valence-electron chi connectivity index (χ2n) is 5.96. The van der Waals surface area contributed by atoms with Crippen LogP contribution in [0.5, 0.6) is 5.75 Å². The quantitative estimate of drug-likeness (QED) is 0.668. The maximum Gasteiger partial charge on any atom is 0.227 e. The molecule has 0 atom stereocenters. The fraction of sp³-hybridized carbons (Fsp3) is 0.200. The summed E-state index contributed by atoms with van der Waals surface area (Å²) in [5.74, 6) is 1.37. The fourth-order valence-corrected chi connectivity index (χ4v) is 3.50. The molecule has 0 unspecified atom stereocenters. The maximum atomic E-state index is 11.7. The molecule has 0 radical (unpaired) electrons. The number of anilines is 2. The second-order valence-corrected chi connectivity index (χ2v) is 8.32. The maximum absolute atomic E-state index is 11.7. The highest BCUT2D eigenvalue weighted by Gasteiger charge is 2.10. The van der Waals surface area contributed by atoms with Crippen LogP contribution in [0.2, 0.25) is 0 Å². The highest BCUT2D eigenvalue weighted by molar-refractivity contribution is 7.90. The predicted octanol–water partition coefficient (Wildman–Crippen LogP) is 3.83. The van der Waals surface area contributed by atoms with E-state index in [0.29, 0.717) is 5.95 Å². The highest BCUT2D eigenvalue weighted by Crippen LogP contribution is 2.28. The molecule has 1 N–H and O–H groups in total. The van der Waals surface area contributed by atoms with Crippen LogP contribution in [0.1, 0.15) is 12.5 Å². The van der Waals surface area contributed by atoms with E-state index in [1.54, 1.807) is 32.4 Å². The first-order chi connectivity index (χ1) is 13.0. The Balaban J connectivity index is 1.79. The van der Waals surface area contributed by atoms with Crippen LogP contribution in [0.4, 0.5) is 11.6 Å². The smallest absolute Gasteiger partial charge is 0.227 e. The second kappa shape index (κ2) is 8.18. The van der Waals surface area contributed by atoms with E-state index in [2.05, 4.69) is 15.3 Å². The van der Waals surface area contributed by atoms with Crippen molar-refractivity contribution in [2.24, 2.45) is 0 Å². The molecule has 3 aromatic rings. The molecule has 6 nitrogen and oxygen atoms in total. The molecule has 0 bridgehead atoms. The number of rotatable bonds is 7. The molecule has 0 aliphatic carbocycles. The van der Waals surface area contributed by atoms with Crippen molar-refractivity contribution in [3.05, 3.63) is 66.4 Å². The van der Waals surface area contributed by atoms with Gasteiger partial charge in [-0.15, -0.1) is 0 Å². The summed E-state index contributed by atoms with van der Waals surface area (Å²) in [6.07, 6.45) is 1.68. The molecule has 0 fully saturated rings. The van der Waals surface area contributed by atoms with Crippen LogP contribution >= 0.6 is 0 Å². The van der Waals surface area contributed by atoms with Crippen molar-refractivity contribution in [1.82, 2.24) is 9.97 Å². The van der Waals surface area contributed by atoms with Gasteiger partial charge in [0.1, 0.15) is 5.75 Å². The molecule has 0 aliphatic rings. The standard InChI is InChI=1S/C20H21N3O3S/c1-3-27(24,25)14-15-8-10-16(11-9-15)22-20-21-13-12-18(23-20)17-6-4-5-7-19(17)26-2/h4-13H,3,14H2,1-2H3,(H,21,22,23). The van der Waals surface area contributed by atoms with Crippen molar-refractivity contribution >= 4 is 21.5 Å². The summed E-state index contributed by atoms with van der Waals surface area (Å²) >= 11 is 0. The van der Waals surface area contributed by atoms with Crippen molar-refractivity contribution in [2.75, 3.05) is 18.2 Å². The fourth-order valence-electron chi connectivity index (χ4n) is 2.59. The third-order valence-corrected chi connectivity index (χ3v) is 5.73. The van der Waals surface area contributed by atoms with Gasteiger partial charge in [-0.2, -0.15) is 0 Å². The highest BCUT2D eigenvalue weighted by atomic mass is 32.2. The Kier molecular flexibility index (Phi) is 5.71. The van der Waals surface area contributed by atoms with Crippen molar-refractivity contribution < 1.29 is 13.2 Å². The van der Waals surface area contributed by atoms with Crippen LogP contribution in [-0.2, 0) is 15.6 Å². The largest absolute Gasteiger partial charge is 0.496 e. The van der Waals surface area contributed by atoms with Gasteiger partial charge in [-0.3, -0.25) is 0 Å². The monoisotopic (exact) mass is 383 g/mol. The molecule has 27 heavy (non-hydrogen) atoms. The number of methoxy groups -OCH3 is 1. The van der Waals surface area contributed by atoms with Crippen LogP contribution < -0.4 is 10.1 Å². The average Bonchev–Trinajstić information content (AvgIpc) is 2.69. The summed E-state index contributed by atoms with van der Waals surface area (Å²) < 4.78 is 28.8. The molecule has 3 rings (SSSR count). The van der Waals surface area contributed by atoms with Crippen LogP contribution in [-0.4, -0.2) is 31.2 Å². The van der Waals surface area contributed by atoms with E-state index in [0.717, 1.165) is 28.3 Å². The Morgan fingerprint density at radius 2 is 1.78 bits per heavy atom. The number of hydrogen-bond acceptors (Lipinski definition) is 6. The summed E-state index contributed by atoms with van der Waals surface area (Å²) in [5.41, 5.74) is 3.16. The number of hydrogen-bond donors (Lipinski definition) is 1. The molecule has 1 aromatic heterocycles. The number of aromatic nitrogens is 2. The van der Waals surface area contributed by atoms with Crippen molar-refractivity contribution in [3.8, 4) is 17.0 Å². The molecule has 0 saturated carbocycles. The average molecular weight is 383 g/mol. The van der Waals surface area contributed by atoms with Crippen LogP contribution in [0.25, 0.3) is 11.3 Å². The van der Waals surface area contributed by atoms with Crippen LogP contribution in [0.15, 0.2) is 60.8 Å². The third kappa shape index (κ3) is 4.83. The van der Waals surface area contributed by atoms with Crippen molar-refractivity contribution in [2.45, 2.75) is 12.7 Å². The lowest BCUT2D eigenvalue weighted by Gasteiger charge is -2.10. The normalized spacial score (nSPS) is 11.2. The summed E-state index contributed by atoms with van der Waals surface area (Å²) in [6.45, 7) is 1.65. The van der Waals surface area contributed by atoms with Crippen molar-refractivity contribution in [3.63, 3.8) is 0 Å². The van der Waals surface area contributed by atoms with E-state index in [1.165, 1.54) is 0 Å². The molecule has 7 heteroatoms. The van der Waals surface area contributed by atoms with Gasteiger partial charge in [0.15, 0.2) is 9.84 Å². The van der Waals surface area contributed by atoms with Gasteiger partial charge in [0.2, 0.25) is 5.95 Å². The lowest BCUT2D eigenvalue weighted by molar-refractivity contribution is 0.416. The lowest BCUT2D eigenvalue weighted by Crippen LogP contribution is -2.06. The molecular formula is C20H21N3O3S. The first kappa shape index (κ1) is 18.8. The Labute approximate surface area is 159 Å². The van der Waals surface area contributed by atoms with E-state index in [4.69, 9.17) is 4.74 Å². The number of para-hydroxylation sites is 1. The summed E-state index contributed by atoms with van der Waals surface area (Å²) in [6, 6.07) is 16.7. The number of benzene rings is 2. The molecule has 1 heterocycles. The van der Waals surface area contributed by atoms with E-state index < -0.39 is 9.84 Å². The van der Waals surface area contributed by atoms with E-state index in [1.807, 2.05) is 42.5 Å². The Morgan fingerprint density at radius 3 is 2.48 bits per heavy atom. The van der Waals surface area contributed by atoms with Gasteiger partial charge in [0, 0.05) is 23.2 Å². The van der Waals surface area contributed by atoms with Gasteiger partial charge in [0.05, 0.1) is 18.6 Å². The minimum atomic E-state index is -3.04. The first-order valence-electron chi connectivity index (χ1n) is 8.53. The third-order valence-electron chi connectivity index (χ3n) is 4.07. The van der Waals surface area contributed by atoms with Crippen LogP contribution in [0, 0.1) is 0 Å². The molecule has 0 aliphatic heterocycles. The van der Waals surface area contributed by atoms with Crippen LogP contribution in [0.3, 0.4) is 0 Å². The zero-order valence-electron chi connectivity index (χ0n) is 15.2. The molecule has 0 spiro atoms. The summed E-state index contributed by atoms with van der Waals surface area (Å²) in [7, 11) is -1.42. The van der Waals surface area contributed by atoms with E-state index in [9.17, 15) is 8.42 Å². The molecular weight excluding hydrogens is 362 g/mol. The Hall–Kier alpha value is -2.93. The van der Waals surface area contributed by atoms with Gasteiger partial charge in [-0.1, -0.05) is 31.2 Å². The SMILES string of the molecule is CCS(=O)(=O)Cc1ccc(Nc2nccc(-c3ccccc3OC)n2)cc1.